The summed E-state index contributed by atoms with van der Waals surface area (Å²) in [5.41, 5.74) is 1.03. The van der Waals surface area contributed by atoms with E-state index in [1.54, 1.807) is 13.2 Å². The second-order valence-corrected chi connectivity index (χ2v) is 4.66. The number of hydrogen-bond acceptors (Lipinski definition) is 4. The first-order valence-electron chi connectivity index (χ1n) is 5.73. The highest BCUT2D eigenvalue weighted by Gasteiger charge is 2.16. The number of nitro groups is 1. The number of nitrogens with zero attached hydrogens (tertiary/aromatic N) is 2. The average molecular weight is 317 g/mol. The molecule has 0 aliphatic heterocycles. The Morgan fingerprint density at radius 2 is 2.22 bits per heavy atom. The van der Waals surface area contributed by atoms with E-state index in [9.17, 15) is 10.1 Å². The van der Waals surface area contributed by atoms with Gasteiger partial charge in [0.25, 0.3) is 5.69 Å². The van der Waals surface area contributed by atoms with Gasteiger partial charge in [-0.3, -0.25) is 15.0 Å². The van der Waals surface area contributed by atoms with Crippen molar-refractivity contribution in [3.63, 3.8) is 0 Å². The number of rotatable bonds is 7. The molecule has 0 spiro atoms. The van der Waals surface area contributed by atoms with Crippen LogP contribution in [0.5, 0.6) is 0 Å². The van der Waals surface area contributed by atoms with Crippen LogP contribution < -0.4 is 0 Å². The van der Waals surface area contributed by atoms with Crippen LogP contribution in [0.1, 0.15) is 12.5 Å². The lowest BCUT2D eigenvalue weighted by Crippen LogP contribution is -2.26. The standard InChI is InChI=1S/C12H17BrN2O3/c1-3-14(7-8-18-2)9-10-5-4-6-11(12(10)13)15(16)17/h4-6H,3,7-9H2,1-2H3. The molecule has 1 aromatic rings. The molecule has 0 amide bonds. The van der Waals surface area contributed by atoms with Crippen LogP contribution in [0.25, 0.3) is 0 Å². The van der Waals surface area contributed by atoms with E-state index in [4.69, 9.17) is 4.74 Å². The van der Waals surface area contributed by atoms with Crippen molar-refractivity contribution in [3.8, 4) is 0 Å². The summed E-state index contributed by atoms with van der Waals surface area (Å²) in [7, 11) is 1.66. The molecule has 1 aromatic carbocycles. The van der Waals surface area contributed by atoms with E-state index in [0.717, 1.165) is 18.7 Å². The third-order valence-corrected chi connectivity index (χ3v) is 3.62. The van der Waals surface area contributed by atoms with Crippen LogP contribution in [0.3, 0.4) is 0 Å². The van der Waals surface area contributed by atoms with Gasteiger partial charge in [0.1, 0.15) is 0 Å². The van der Waals surface area contributed by atoms with Crippen molar-refractivity contribution in [2.45, 2.75) is 13.5 Å². The molecule has 0 heterocycles. The summed E-state index contributed by atoms with van der Waals surface area (Å²) in [4.78, 5) is 12.6. The first kappa shape index (κ1) is 15.1. The van der Waals surface area contributed by atoms with Gasteiger partial charge in [-0.2, -0.15) is 0 Å². The van der Waals surface area contributed by atoms with E-state index in [1.807, 2.05) is 6.07 Å². The Morgan fingerprint density at radius 3 is 2.78 bits per heavy atom. The van der Waals surface area contributed by atoms with Gasteiger partial charge >= 0.3 is 0 Å². The molecule has 5 nitrogen and oxygen atoms in total. The van der Waals surface area contributed by atoms with Crippen LogP contribution in [-0.4, -0.2) is 36.6 Å². The van der Waals surface area contributed by atoms with Gasteiger partial charge in [-0.1, -0.05) is 19.1 Å². The highest BCUT2D eigenvalue weighted by molar-refractivity contribution is 9.10. The van der Waals surface area contributed by atoms with E-state index in [-0.39, 0.29) is 10.6 Å². The minimum absolute atomic E-state index is 0.107. The van der Waals surface area contributed by atoms with Crippen LogP contribution in [0.15, 0.2) is 22.7 Å². The van der Waals surface area contributed by atoms with Crippen molar-refractivity contribution >= 4 is 21.6 Å². The predicted molar refractivity (Wildman–Crippen MR) is 73.6 cm³/mol. The van der Waals surface area contributed by atoms with Gasteiger partial charge in [-0.25, -0.2) is 0 Å². The maximum atomic E-state index is 10.8. The highest BCUT2D eigenvalue weighted by atomic mass is 79.9. The highest BCUT2D eigenvalue weighted by Crippen LogP contribution is 2.28. The van der Waals surface area contributed by atoms with Crippen LogP contribution in [0.2, 0.25) is 0 Å². The number of hydrogen-bond donors (Lipinski definition) is 0. The zero-order valence-corrected chi connectivity index (χ0v) is 12.1. The van der Waals surface area contributed by atoms with E-state index in [2.05, 4.69) is 27.8 Å². The fraction of sp³-hybridized carbons (Fsp3) is 0.500. The van der Waals surface area contributed by atoms with Crippen LogP contribution in [0, 0.1) is 10.1 Å². The molecule has 0 unspecified atom stereocenters. The van der Waals surface area contributed by atoms with Crippen LogP contribution in [0.4, 0.5) is 5.69 Å². The lowest BCUT2D eigenvalue weighted by Gasteiger charge is -2.20. The quantitative estimate of drug-likeness (QED) is 0.573. The largest absolute Gasteiger partial charge is 0.383 e. The molecule has 0 N–H and O–H groups in total. The van der Waals surface area contributed by atoms with Gasteiger partial charge in [-0.15, -0.1) is 0 Å². The molecule has 1 rings (SSSR count). The van der Waals surface area contributed by atoms with Gasteiger partial charge in [0.15, 0.2) is 0 Å². The number of likely N-dealkylation sites (N-methyl/N-ethyl adjacent to an activating group) is 1. The zero-order valence-electron chi connectivity index (χ0n) is 10.6. The molecule has 100 valence electrons. The van der Waals surface area contributed by atoms with Gasteiger partial charge < -0.3 is 4.74 Å². The van der Waals surface area contributed by atoms with E-state index < -0.39 is 0 Å². The molecule has 0 radical (unpaired) electrons. The Balaban J connectivity index is 2.83. The third-order valence-electron chi connectivity index (χ3n) is 2.71. The van der Waals surface area contributed by atoms with Crippen molar-refractivity contribution in [3.05, 3.63) is 38.3 Å². The minimum Gasteiger partial charge on any atom is -0.383 e. The molecule has 0 atom stereocenters. The maximum Gasteiger partial charge on any atom is 0.283 e. The molecule has 6 heteroatoms. The van der Waals surface area contributed by atoms with E-state index in [1.165, 1.54) is 6.07 Å². The fourth-order valence-corrected chi connectivity index (χ4v) is 2.17. The van der Waals surface area contributed by atoms with Crippen molar-refractivity contribution in [1.29, 1.82) is 0 Å². The van der Waals surface area contributed by atoms with Crippen LogP contribution >= 0.6 is 15.9 Å². The first-order valence-corrected chi connectivity index (χ1v) is 6.52. The summed E-state index contributed by atoms with van der Waals surface area (Å²) in [6.07, 6.45) is 0. The molecule has 0 aliphatic rings. The molecule has 0 fully saturated rings. The molecular weight excluding hydrogens is 300 g/mol. The SMILES string of the molecule is CCN(CCOC)Cc1cccc([N+](=O)[O-])c1Br. The number of benzene rings is 1. The Labute approximate surface area is 115 Å². The molecular formula is C12H17BrN2O3. The summed E-state index contributed by atoms with van der Waals surface area (Å²) in [6.45, 7) is 5.06. The van der Waals surface area contributed by atoms with Crippen molar-refractivity contribution in [2.75, 3.05) is 26.8 Å². The van der Waals surface area contributed by atoms with Gasteiger partial charge in [-0.05, 0) is 28.0 Å². The molecule has 0 bridgehead atoms. The lowest BCUT2D eigenvalue weighted by atomic mass is 10.2. The number of nitro benzene ring substituents is 1. The number of halogens is 1. The van der Waals surface area contributed by atoms with Crippen LogP contribution in [-0.2, 0) is 11.3 Å². The fourth-order valence-electron chi connectivity index (χ4n) is 1.64. The Hall–Kier alpha value is -0.980. The molecule has 18 heavy (non-hydrogen) atoms. The summed E-state index contributed by atoms with van der Waals surface area (Å²) in [5, 5.41) is 10.8. The average Bonchev–Trinajstić information content (AvgIpc) is 2.36. The second-order valence-electron chi connectivity index (χ2n) is 3.87. The Morgan fingerprint density at radius 1 is 1.50 bits per heavy atom. The number of ether oxygens (including phenoxy) is 1. The lowest BCUT2D eigenvalue weighted by molar-refractivity contribution is -0.385. The maximum absolute atomic E-state index is 10.8. The summed E-state index contributed by atoms with van der Waals surface area (Å²) >= 11 is 3.31. The van der Waals surface area contributed by atoms with Crippen molar-refractivity contribution in [1.82, 2.24) is 4.90 Å². The third kappa shape index (κ3) is 4.04. The second kappa shape index (κ2) is 7.45. The monoisotopic (exact) mass is 316 g/mol. The summed E-state index contributed by atoms with van der Waals surface area (Å²) in [6, 6.07) is 5.11. The zero-order chi connectivity index (χ0) is 13.5. The minimum atomic E-state index is -0.376. The topological polar surface area (TPSA) is 55.6 Å². The molecule has 0 aliphatic carbocycles. The molecule has 0 aromatic heterocycles. The van der Waals surface area contributed by atoms with E-state index >= 15 is 0 Å². The van der Waals surface area contributed by atoms with Crippen molar-refractivity contribution < 1.29 is 9.66 Å². The van der Waals surface area contributed by atoms with Crippen molar-refractivity contribution in [2.24, 2.45) is 0 Å². The van der Waals surface area contributed by atoms with E-state index in [0.29, 0.717) is 17.6 Å². The summed E-state index contributed by atoms with van der Waals surface area (Å²) in [5.74, 6) is 0. The Kier molecular flexibility index (Phi) is 6.24. The first-order chi connectivity index (χ1) is 8.60. The molecule has 0 saturated carbocycles. The van der Waals surface area contributed by atoms with Gasteiger partial charge in [0.05, 0.1) is 16.0 Å². The number of methoxy groups -OCH3 is 1. The smallest absolute Gasteiger partial charge is 0.283 e. The Bertz CT molecular complexity index is 412. The van der Waals surface area contributed by atoms with Gasteiger partial charge in [0.2, 0.25) is 0 Å². The predicted octanol–water partition coefficient (Wildman–Crippen LogP) is 2.83. The summed E-state index contributed by atoms with van der Waals surface area (Å²) < 4.78 is 5.60. The van der Waals surface area contributed by atoms with Gasteiger partial charge in [0, 0.05) is 26.3 Å². The normalized spacial score (nSPS) is 10.9. The molecule has 0 saturated heterocycles.